The van der Waals surface area contributed by atoms with Crippen LogP contribution in [-0.2, 0) is 6.54 Å². The number of rotatable bonds is 5. The Hall–Kier alpha value is -0.490. The largest absolute Gasteiger partial charge is 0.310 e. The maximum Gasteiger partial charge on any atom is 0.149 e. The number of benzene rings is 1. The lowest BCUT2D eigenvalue weighted by molar-refractivity contribution is 0.550. The first-order valence-electron chi connectivity index (χ1n) is 6.05. The smallest absolute Gasteiger partial charge is 0.149 e. The Labute approximate surface area is 130 Å². The number of nitrogens with zero attached hydrogens (tertiary/aromatic N) is 2. The van der Waals surface area contributed by atoms with Crippen molar-refractivity contribution in [3.05, 3.63) is 32.7 Å². The topological polar surface area (TPSA) is 37.8 Å². The van der Waals surface area contributed by atoms with E-state index in [4.69, 9.17) is 11.6 Å². The van der Waals surface area contributed by atoms with Gasteiger partial charge in [-0.25, -0.2) is 0 Å². The zero-order chi connectivity index (χ0) is 13.8. The minimum atomic E-state index is 0.631. The van der Waals surface area contributed by atoms with Gasteiger partial charge in [0.25, 0.3) is 0 Å². The molecule has 0 bridgehead atoms. The van der Waals surface area contributed by atoms with Gasteiger partial charge in [-0.15, -0.1) is 10.2 Å². The Morgan fingerprint density at radius 2 is 2.16 bits per heavy atom. The summed E-state index contributed by atoms with van der Waals surface area (Å²) in [6, 6.07) is 5.82. The van der Waals surface area contributed by atoms with Gasteiger partial charge in [-0.2, -0.15) is 0 Å². The van der Waals surface area contributed by atoms with E-state index in [9.17, 15) is 0 Å². The molecular formula is C13H15BrClN3S. The van der Waals surface area contributed by atoms with Crippen molar-refractivity contribution in [2.24, 2.45) is 5.92 Å². The zero-order valence-corrected chi connectivity index (χ0v) is 13.9. The lowest BCUT2D eigenvalue weighted by Crippen LogP contribution is -2.18. The van der Waals surface area contributed by atoms with Crippen molar-refractivity contribution >= 4 is 38.9 Å². The molecular weight excluding hydrogens is 346 g/mol. The molecule has 0 aliphatic rings. The normalized spacial score (nSPS) is 11.2. The fraction of sp³-hybridized carbons (Fsp3) is 0.385. The van der Waals surface area contributed by atoms with Gasteiger partial charge in [0.15, 0.2) is 0 Å². The monoisotopic (exact) mass is 359 g/mol. The van der Waals surface area contributed by atoms with Crippen molar-refractivity contribution in [1.29, 1.82) is 0 Å². The van der Waals surface area contributed by atoms with E-state index in [1.165, 1.54) is 0 Å². The molecule has 0 saturated heterocycles. The van der Waals surface area contributed by atoms with Crippen molar-refractivity contribution in [1.82, 2.24) is 15.5 Å². The predicted molar refractivity (Wildman–Crippen MR) is 84.6 cm³/mol. The summed E-state index contributed by atoms with van der Waals surface area (Å²) >= 11 is 11.2. The number of hydrogen-bond donors (Lipinski definition) is 1. The van der Waals surface area contributed by atoms with E-state index in [1.54, 1.807) is 11.3 Å². The van der Waals surface area contributed by atoms with E-state index >= 15 is 0 Å². The molecule has 19 heavy (non-hydrogen) atoms. The van der Waals surface area contributed by atoms with E-state index in [0.29, 0.717) is 10.9 Å². The Morgan fingerprint density at radius 3 is 2.89 bits per heavy atom. The minimum Gasteiger partial charge on any atom is -0.310 e. The maximum atomic E-state index is 6.26. The highest BCUT2D eigenvalue weighted by atomic mass is 79.9. The van der Waals surface area contributed by atoms with Gasteiger partial charge in [0.1, 0.15) is 10.0 Å². The first-order valence-corrected chi connectivity index (χ1v) is 8.04. The second-order valence-electron chi connectivity index (χ2n) is 4.63. The summed E-state index contributed by atoms with van der Waals surface area (Å²) in [6.45, 7) is 6.09. The quantitative estimate of drug-likeness (QED) is 0.860. The molecule has 0 spiro atoms. The third-order valence-corrected chi connectivity index (χ3v) is 4.73. The highest BCUT2D eigenvalue weighted by molar-refractivity contribution is 9.10. The molecule has 0 fully saturated rings. The maximum absolute atomic E-state index is 6.26. The van der Waals surface area contributed by atoms with Crippen LogP contribution in [0.4, 0.5) is 0 Å². The molecule has 1 heterocycles. The fourth-order valence-corrected chi connectivity index (χ4v) is 3.05. The van der Waals surface area contributed by atoms with Gasteiger partial charge in [-0.1, -0.05) is 48.9 Å². The lowest BCUT2D eigenvalue weighted by Gasteiger charge is -2.04. The van der Waals surface area contributed by atoms with Crippen LogP contribution in [0.15, 0.2) is 22.7 Å². The molecule has 2 rings (SSSR count). The highest BCUT2D eigenvalue weighted by Gasteiger charge is 2.11. The molecule has 3 nitrogen and oxygen atoms in total. The van der Waals surface area contributed by atoms with Crippen LogP contribution in [0.5, 0.6) is 0 Å². The average molecular weight is 361 g/mol. The Bertz CT molecular complexity index is 557. The molecule has 0 atom stereocenters. The van der Waals surface area contributed by atoms with Crippen LogP contribution in [0.3, 0.4) is 0 Å². The van der Waals surface area contributed by atoms with Gasteiger partial charge in [0, 0.05) is 16.6 Å². The standard InChI is InChI=1S/C13H15BrClN3S/c1-8(2)6-16-7-11-17-18-13(19-11)9-4-3-5-10(14)12(9)15/h3-5,8,16H,6-7H2,1-2H3. The lowest BCUT2D eigenvalue weighted by atomic mass is 10.2. The summed E-state index contributed by atoms with van der Waals surface area (Å²) in [7, 11) is 0. The van der Waals surface area contributed by atoms with Crippen LogP contribution < -0.4 is 5.32 Å². The summed E-state index contributed by atoms with van der Waals surface area (Å²) < 4.78 is 0.876. The Kier molecular flexibility index (Phi) is 5.33. The molecule has 0 saturated carbocycles. The first-order chi connectivity index (χ1) is 9.08. The number of hydrogen-bond acceptors (Lipinski definition) is 4. The fourth-order valence-electron chi connectivity index (χ4n) is 1.57. The van der Waals surface area contributed by atoms with Crippen molar-refractivity contribution in [3.8, 4) is 10.6 Å². The summed E-state index contributed by atoms with van der Waals surface area (Å²) in [5.41, 5.74) is 0.920. The third kappa shape index (κ3) is 3.99. The zero-order valence-electron chi connectivity index (χ0n) is 10.8. The van der Waals surface area contributed by atoms with Gasteiger partial charge in [0.05, 0.1) is 5.02 Å². The Morgan fingerprint density at radius 1 is 1.37 bits per heavy atom. The van der Waals surface area contributed by atoms with Crippen LogP contribution in [0, 0.1) is 5.92 Å². The summed E-state index contributed by atoms with van der Waals surface area (Å²) in [5, 5.41) is 14.3. The van der Waals surface area contributed by atoms with Crippen molar-refractivity contribution < 1.29 is 0 Å². The highest BCUT2D eigenvalue weighted by Crippen LogP contribution is 2.34. The molecule has 6 heteroatoms. The van der Waals surface area contributed by atoms with Gasteiger partial charge in [-0.3, -0.25) is 0 Å². The second-order valence-corrected chi connectivity index (χ2v) is 6.92. The molecule has 1 N–H and O–H groups in total. The summed E-state index contributed by atoms with van der Waals surface area (Å²) in [5.74, 6) is 0.631. The molecule has 0 aliphatic heterocycles. The van der Waals surface area contributed by atoms with E-state index in [0.717, 1.165) is 33.1 Å². The van der Waals surface area contributed by atoms with Crippen LogP contribution >= 0.6 is 38.9 Å². The number of aromatic nitrogens is 2. The number of nitrogens with one attached hydrogen (secondary N) is 1. The first kappa shape index (κ1) is 14.9. The van der Waals surface area contributed by atoms with E-state index in [-0.39, 0.29) is 0 Å². The van der Waals surface area contributed by atoms with Crippen LogP contribution in [0.1, 0.15) is 18.9 Å². The van der Waals surface area contributed by atoms with Gasteiger partial charge >= 0.3 is 0 Å². The van der Waals surface area contributed by atoms with Crippen molar-refractivity contribution in [2.75, 3.05) is 6.54 Å². The molecule has 0 unspecified atom stereocenters. The molecule has 2 aromatic rings. The summed E-state index contributed by atoms with van der Waals surface area (Å²) in [4.78, 5) is 0. The van der Waals surface area contributed by atoms with Crippen molar-refractivity contribution in [2.45, 2.75) is 20.4 Å². The van der Waals surface area contributed by atoms with E-state index in [1.807, 2.05) is 18.2 Å². The van der Waals surface area contributed by atoms with Gasteiger partial charge in [-0.05, 0) is 34.5 Å². The predicted octanol–water partition coefficient (Wildman–Crippen LogP) is 4.37. The van der Waals surface area contributed by atoms with Crippen LogP contribution in [0.25, 0.3) is 10.6 Å². The molecule has 0 radical (unpaired) electrons. The van der Waals surface area contributed by atoms with Gasteiger partial charge < -0.3 is 5.32 Å². The second kappa shape index (κ2) is 6.79. The SMILES string of the molecule is CC(C)CNCc1nnc(-c2cccc(Br)c2Cl)s1. The molecule has 1 aromatic carbocycles. The van der Waals surface area contributed by atoms with Crippen molar-refractivity contribution in [3.63, 3.8) is 0 Å². The molecule has 102 valence electrons. The van der Waals surface area contributed by atoms with Crippen LogP contribution in [0.2, 0.25) is 5.02 Å². The number of halogens is 2. The van der Waals surface area contributed by atoms with Gasteiger partial charge in [0.2, 0.25) is 0 Å². The van der Waals surface area contributed by atoms with Crippen LogP contribution in [-0.4, -0.2) is 16.7 Å². The summed E-state index contributed by atoms with van der Waals surface area (Å²) in [6.07, 6.45) is 0. The molecule has 1 aromatic heterocycles. The third-order valence-electron chi connectivity index (χ3n) is 2.48. The molecule has 0 aliphatic carbocycles. The van der Waals surface area contributed by atoms with E-state index < -0.39 is 0 Å². The Balaban J connectivity index is 2.10. The molecule has 0 amide bonds. The minimum absolute atomic E-state index is 0.631. The average Bonchev–Trinajstić information content (AvgIpc) is 2.81. The van der Waals surface area contributed by atoms with E-state index in [2.05, 4.69) is 45.3 Å².